The van der Waals surface area contributed by atoms with Gasteiger partial charge in [0, 0.05) is 19.2 Å². The summed E-state index contributed by atoms with van der Waals surface area (Å²) < 4.78 is 4.87. The third-order valence-electron chi connectivity index (χ3n) is 3.23. The molecule has 1 atom stereocenters. The second-order valence-electron chi connectivity index (χ2n) is 5.01. The lowest BCUT2D eigenvalue weighted by Crippen LogP contribution is -2.43. The van der Waals surface area contributed by atoms with E-state index < -0.39 is 35.4 Å². The van der Waals surface area contributed by atoms with E-state index in [-0.39, 0.29) is 22.7 Å². The van der Waals surface area contributed by atoms with Gasteiger partial charge in [0.05, 0.1) is 15.5 Å². The zero-order chi connectivity index (χ0) is 19.7. The smallest absolute Gasteiger partial charge is 0.329 e. The van der Waals surface area contributed by atoms with E-state index in [0.29, 0.717) is 5.75 Å². The molecule has 11 heteroatoms. The molecule has 0 bridgehead atoms. The van der Waals surface area contributed by atoms with Crippen molar-refractivity contribution in [1.29, 1.82) is 0 Å². The van der Waals surface area contributed by atoms with Crippen LogP contribution in [0.1, 0.15) is 16.8 Å². The number of non-ortho nitro benzene ring substituents is 1. The van der Waals surface area contributed by atoms with Gasteiger partial charge in [0.1, 0.15) is 6.04 Å². The summed E-state index contributed by atoms with van der Waals surface area (Å²) in [6.45, 7) is -0.459. The number of nitro groups is 1. The molecule has 0 aliphatic carbocycles. The second kappa shape index (κ2) is 10.6. The van der Waals surface area contributed by atoms with Gasteiger partial charge in [-0.25, -0.2) is 4.79 Å². The minimum Gasteiger partial charge on any atom is -0.454 e. The Bertz CT molecular complexity index is 700. The Balaban J connectivity index is 2.86. The molecule has 0 aromatic heterocycles. The number of nitrogens with zero attached hydrogens (tertiary/aromatic N) is 1. The fraction of sp³-hybridized carbons (Fsp3) is 0.400. The highest BCUT2D eigenvalue weighted by atomic mass is 35.5. The van der Waals surface area contributed by atoms with E-state index in [4.69, 9.17) is 16.3 Å². The van der Waals surface area contributed by atoms with Gasteiger partial charge < -0.3 is 15.4 Å². The highest BCUT2D eigenvalue weighted by Crippen LogP contribution is 2.22. The Morgan fingerprint density at radius 2 is 2.08 bits per heavy atom. The lowest BCUT2D eigenvalue weighted by molar-refractivity contribution is -0.384. The Morgan fingerprint density at radius 1 is 1.38 bits per heavy atom. The number of hydrogen-bond acceptors (Lipinski definition) is 7. The number of nitro benzene ring substituents is 1. The molecule has 1 aromatic carbocycles. The summed E-state index contributed by atoms with van der Waals surface area (Å²) in [6, 6.07) is 2.42. The zero-order valence-corrected chi connectivity index (χ0v) is 15.7. The number of esters is 1. The molecule has 2 amide bonds. The maximum absolute atomic E-state index is 12.4. The quantitative estimate of drug-likeness (QED) is 0.362. The van der Waals surface area contributed by atoms with Gasteiger partial charge in [0.15, 0.2) is 6.61 Å². The molecule has 2 N–H and O–H groups in total. The highest BCUT2D eigenvalue weighted by Gasteiger charge is 2.24. The number of likely N-dealkylation sites (N-methyl/N-ethyl adjacent to an activating group) is 1. The van der Waals surface area contributed by atoms with Crippen LogP contribution in [0.5, 0.6) is 0 Å². The maximum atomic E-state index is 12.4. The van der Waals surface area contributed by atoms with E-state index in [1.165, 1.54) is 24.9 Å². The average Bonchev–Trinajstić information content (AvgIpc) is 2.62. The summed E-state index contributed by atoms with van der Waals surface area (Å²) in [5.41, 5.74) is -0.263. The predicted octanol–water partition coefficient (Wildman–Crippen LogP) is 1.39. The zero-order valence-electron chi connectivity index (χ0n) is 14.1. The Morgan fingerprint density at radius 3 is 2.62 bits per heavy atom. The van der Waals surface area contributed by atoms with E-state index in [1.807, 2.05) is 6.26 Å². The SMILES string of the molecule is CNC(=O)COC(=O)[C@@H](CCSC)NC(=O)c1ccc([N+](=O)[O-])cc1Cl. The molecule has 1 rings (SSSR count). The average molecular weight is 404 g/mol. The normalized spacial score (nSPS) is 11.3. The lowest BCUT2D eigenvalue weighted by Gasteiger charge is -2.17. The molecule has 1 aromatic rings. The molecule has 0 unspecified atom stereocenters. The predicted molar refractivity (Wildman–Crippen MR) is 97.4 cm³/mol. The van der Waals surface area contributed by atoms with Crippen LogP contribution < -0.4 is 10.6 Å². The van der Waals surface area contributed by atoms with Crippen molar-refractivity contribution >= 4 is 46.8 Å². The van der Waals surface area contributed by atoms with Gasteiger partial charge in [-0.2, -0.15) is 11.8 Å². The molecule has 0 saturated carbocycles. The molecule has 0 fully saturated rings. The number of ether oxygens (including phenoxy) is 1. The van der Waals surface area contributed by atoms with Crippen molar-refractivity contribution in [3.05, 3.63) is 38.9 Å². The van der Waals surface area contributed by atoms with Gasteiger partial charge in [-0.15, -0.1) is 0 Å². The van der Waals surface area contributed by atoms with Gasteiger partial charge in [0.2, 0.25) is 0 Å². The summed E-state index contributed by atoms with van der Waals surface area (Å²) in [5.74, 6) is -1.35. The Kier molecular flexibility index (Phi) is 8.86. The lowest BCUT2D eigenvalue weighted by atomic mass is 10.1. The summed E-state index contributed by atoms with van der Waals surface area (Å²) in [7, 11) is 1.40. The highest BCUT2D eigenvalue weighted by molar-refractivity contribution is 7.98. The molecular weight excluding hydrogens is 386 g/mol. The summed E-state index contributed by atoms with van der Waals surface area (Å²) >= 11 is 7.39. The number of amides is 2. The number of benzene rings is 1. The van der Waals surface area contributed by atoms with E-state index in [0.717, 1.165) is 12.1 Å². The van der Waals surface area contributed by atoms with Gasteiger partial charge in [-0.05, 0) is 24.5 Å². The van der Waals surface area contributed by atoms with E-state index >= 15 is 0 Å². The fourth-order valence-electron chi connectivity index (χ4n) is 1.83. The van der Waals surface area contributed by atoms with Gasteiger partial charge in [0.25, 0.3) is 17.5 Å². The molecular formula is C15H18ClN3O6S. The van der Waals surface area contributed by atoms with Crippen LogP contribution in [-0.4, -0.2) is 54.4 Å². The Labute approximate surface area is 158 Å². The number of nitrogens with one attached hydrogen (secondary N) is 2. The minimum absolute atomic E-state index is 0.00878. The van der Waals surface area contributed by atoms with Crippen LogP contribution in [0, 0.1) is 10.1 Å². The van der Waals surface area contributed by atoms with Crippen LogP contribution >= 0.6 is 23.4 Å². The largest absolute Gasteiger partial charge is 0.454 e. The minimum atomic E-state index is -0.981. The number of carbonyl (C=O) groups excluding carboxylic acids is 3. The van der Waals surface area contributed by atoms with Crippen molar-refractivity contribution in [1.82, 2.24) is 10.6 Å². The van der Waals surface area contributed by atoms with E-state index in [1.54, 1.807) is 0 Å². The van der Waals surface area contributed by atoms with Crippen LogP contribution in [0.15, 0.2) is 18.2 Å². The van der Waals surface area contributed by atoms with Crippen molar-refractivity contribution in [3.8, 4) is 0 Å². The van der Waals surface area contributed by atoms with Gasteiger partial charge >= 0.3 is 5.97 Å². The number of carbonyl (C=O) groups is 3. The number of thioether (sulfide) groups is 1. The molecule has 0 aliphatic rings. The fourth-order valence-corrected chi connectivity index (χ4v) is 2.56. The molecule has 0 spiro atoms. The van der Waals surface area contributed by atoms with Crippen LogP contribution in [0.3, 0.4) is 0 Å². The topological polar surface area (TPSA) is 128 Å². The van der Waals surface area contributed by atoms with Crippen molar-refractivity contribution in [2.24, 2.45) is 0 Å². The van der Waals surface area contributed by atoms with Crippen molar-refractivity contribution in [2.75, 3.05) is 25.7 Å². The molecule has 0 saturated heterocycles. The maximum Gasteiger partial charge on any atom is 0.329 e. The monoisotopic (exact) mass is 403 g/mol. The van der Waals surface area contributed by atoms with Crippen molar-refractivity contribution < 1.29 is 24.0 Å². The van der Waals surface area contributed by atoms with Crippen LogP contribution in [0.25, 0.3) is 0 Å². The molecule has 0 aliphatic heterocycles. The van der Waals surface area contributed by atoms with Crippen LogP contribution in [-0.2, 0) is 14.3 Å². The van der Waals surface area contributed by atoms with Crippen molar-refractivity contribution in [2.45, 2.75) is 12.5 Å². The standard InChI is InChI=1S/C15H18ClN3O6S/c1-17-13(20)8-25-15(22)12(5-6-26-2)18-14(21)10-4-3-9(19(23)24)7-11(10)16/h3-4,7,12H,5-6,8H2,1-2H3,(H,17,20)(H,18,21)/t12-/m1/s1. The summed E-state index contributed by atoms with van der Waals surface area (Å²) in [5, 5.41) is 15.4. The van der Waals surface area contributed by atoms with Gasteiger partial charge in [-0.1, -0.05) is 11.6 Å². The van der Waals surface area contributed by atoms with Gasteiger partial charge in [-0.3, -0.25) is 19.7 Å². The first-order valence-electron chi connectivity index (χ1n) is 7.41. The number of halogens is 1. The van der Waals surface area contributed by atoms with E-state index in [9.17, 15) is 24.5 Å². The molecule has 26 heavy (non-hydrogen) atoms. The van der Waals surface area contributed by atoms with Crippen LogP contribution in [0.4, 0.5) is 5.69 Å². The molecule has 9 nitrogen and oxygen atoms in total. The molecule has 0 heterocycles. The summed E-state index contributed by atoms with van der Waals surface area (Å²) in [4.78, 5) is 45.7. The number of hydrogen-bond donors (Lipinski definition) is 2. The number of rotatable bonds is 9. The summed E-state index contributed by atoms with van der Waals surface area (Å²) in [6.07, 6.45) is 2.12. The Hall–Kier alpha value is -2.33. The molecule has 0 radical (unpaired) electrons. The third-order valence-corrected chi connectivity index (χ3v) is 4.19. The molecule has 142 valence electrons. The van der Waals surface area contributed by atoms with E-state index in [2.05, 4.69) is 10.6 Å². The first kappa shape index (κ1) is 21.7. The van der Waals surface area contributed by atoms with Crippen molar-refractivity contribution in [3.63, 3.8) is 0 Å². The van der Waals surface area contributed by atoms with Crippen LogP contribution in [0.2, 0.25) is 5.02 Å². The first-order chi connectivity index (χ1) is 12.3. The first-order valence-corrected chi connectivity index (χ1v) is 9.18. The third kappa shape index (κ3) is 6.52. The second-order valence-corrected chi connectivity index (χ2v) is 6.40.